The van der Waals surface area contributed by atoms with Crippen LogP contribution in [0, 0.1) is 13.8 Å². The van der Waals surface area contributed by atoms with E-state index in [1.165, 1.54) is 4.88 Å². The minimum atomic E-state index is -0.0976. The van der Waals surface area contributed by atoms with Crippen LogP contribution in [0.3, 0.4) is 0 Å². The standard InChI is InChI=1S/C19H20N2O2S/c1-12-5-4-6-14-15(19(22)20-9-10-23-3)11-16(21-18(12)14)17-8-7-13(2)24-17/h4-8,11H,9-10H2,1-3H3,(H,20,22). The highest BCUT2D eigenvalue weighted by atomic mass is 32.1. The molecule has 5 heteroatoms. The predicted molar refractivity (Wildman–Crippen MR) is 98.7 cm³/mol. The topological polar surface area (TPSA) is 51.2 Å². The van der Waals surface area contributed by atoms with Gasteiger partial charge in [0.1, 0.15) is 0 Å². The van der Waals surface area contributed by atoms with Gasteiger partial charge in [0.15, 0.2) is 0 Å². The predicted octanol–water partition coefficient (Wildman–Crippen LogP) is 3.96. The van der Waals surface area contributed by atoms with Crippen LogP contribution in [-0.2, 0) is 4.74 Å². The van der Waals surface area contributed by atoms with E-state index in [-0.39, 0.29) is 5.91 Å². The quantitative estimate of drug-likeness (QED) is 0.715. The van der Waals surface area contributed by atoms with E-state index in [0.29, 0.717) is 18.7 Å². The molecular formula is C19H20N2O2S. The number of pyridine rings is 1. The van der Waals surface area contributed by atoms with Crippen LogP contribution >= 0.6 is 11.3 Å². The fourth-order valence-electron chi connectivity index (χ4n) is 2.64. The third-order valence-corrected chi connectivity index (χ3v) is 4.89. The molecule has 0 spiro atoms. The van der Waals surface area contributed by atoms with Crippen LogP contribution in [0.25, 0.3) is 21.5 Å². The SMILES string of the molecule is COCCNC(=O)c1cc(-c2ccc(C)s2)nc2c(C)cccc12. The molecule has 0 bridgehead atoms. The maximum absolute atomic E-state index is 12.6. The third kappa shape index (κ3) is 3.32. The fourth-order valence-corrected chi connectivity index (χ4v) is 3.47. The van der Waals surface area contributed by atoms with Crippen molar-refractivity contribution in [2.24, 2.45) is 0 Å². The molecule has 3 rings (SSSR count). The molecule has 124 valence electrons. The third-order valence-electron chi connectivity index (χ3n) is 3.87. The first kappa shape index (κ1) is 16.6. The highest BCUT2D eigenvalue weighted by Crippen LogP contribution is 2.30. The molecule has 0 aliphatic heterocycles. The molecule has 2 aromatic heterocycles. The number of para-hydroxylation sites is 1. The van der Waals surface area contributed by atoms with Gasteiger partial charge in [-0.15, -0.1) is 11.3 Å². The molecule has 0 aliphatic rings. The van der Waals surface area contributed by atoms with Crippen molar-refractivity contribution in [1.29, 1.82) is 0 Å². The van der Waals surface area contributed by atoms with Crippen molar-refractivity contribution in [3.63, 3.8) is 0 Å². The van der Waals surface area contributed by atoms with Gasteiger partial charge >= 0.3 is 0 Å². The van der Waals surface area contributed by atoms with Crippen LogP contribution in [0.15, 0.2) is 36.4 Å². The maximum atomic E-state index is 12.6. The number of methoxy groups -OCH3 is 1. The van der Waals surface area contributed by atoms with Crippen molar-refractivity contribution in [3.8, 4) is 10.6 Å². The number of aryl methyl sites for hydroxylation is 2. The van der Waals surface area contributed by atoms with Gasteiger partial charge in [-0.2, -0.15) is 0 Å². The molecular weight excluding hydrogens is 320 g/mol. The summed E-state index contributed by atoms with van der Waals surface area (Å²) in [4.78, 5) is 19.7. The molecule has 0 saturated heterocycles. The molecule has 1 aromatic carbocycles. The number of amides is 1. The summed E-state index contributed by atoms with van der Waals surface area (Å²) in [6, 6.07) is 11.9. The number of benzene rings is 1. The lowest BCUT2D eigenvalue weighted by molar-refractivity contribution is 0.0938. The Morgan fingerprint density at radius 3 is 2.79 bits per heavy atom. The van der Waals surface area contributed by atoms with Crippen LogP contribution in [0.1, 0.15) is 20.8 Å². The lowest BCUT2D eigenvalue weighted by atomic mass is 10.0. The molecule has 24 heavy (non-hydrogen) atoms. The molecule has 0 fully saturated rings. The monoisotopic (exact) mass is 340 g/mol. The number of aromatic nitrogens is 1. The summed E-state index contributed by atoms with van der Waals surface area (Å²) in [5, 5.41) is 3.78. The number of rotatable bonds is 5. The number of fused-ring (bicyclic) bond motifs is 1. The Kier molecular flexibility index (Phi) is 4.92. The molecule has 4 nitrogen and oxygen atoms in total. The summed E-state index contributed by atoms with van der Waals surface area (Å²) < 4.78 is 5.01. The lowest BCUT2D eigenvalue weighted by Crippen LogP contribution is -2.27. The van der Waals surface area contributed by atoms with Gasteiger partial charge in [-0.1, -0.05) is 18.2 Å². The van der Waals surface area contributed by atoms with Crippen LogP contribution < -0.4 is 5.32 Å². The van der Waals surface area contributed by atoms with Gasteiger partial charge in [0, 0.05) is 23.9 Å². The number of nitrogens with one attached hydrogen (secondary N) is 1. The van der Waals surface area contributed by atoms with Crippen molar-refractivity contribution in [2.45, 2.75) is 13.8 Å². The number of carbonyl (C=O) groups is 1. The van der Waals surface area contributed by atoms with E-state index in [9.17, 15) is 4.79 Å². The van der Waals surface area contributed by atoms with Crippen LogP contribution in [0.2, 0.25) is 0 Å². The number of nitrogens with zero attached hydrogens (tertiary/aromatic N) is 1. The Balaban J connectivity index is 2.11. The average Bonchev–Trinajstić information content (AvgIpc) is 3.01. The second-order valence-electron chi connectivity index (χ2n) is 5.69. The number of hydrogen-bond donors (Lipinski definition) is 1. The summed E-state index contributed by atoms with van der Waals surface area (Å²) in [6.07, 6.45) is 0. The summed E-state index contributed by atoms with van der Waals surface area (Å²) in [6.45, 7) is 5.06. The number of thiophene rings is 1. The normalized spacial score (nSPS) is 11.0. The zero-order valence-corrected chi connectivity index (χ0v) is 14.9. The number of carbonyl (C=O) groups excluding carboxylic acids is 1. The summed E-state index contributed by atoms with van der Waals surface area (Å²) in [5.74, 6) is -0.0976. The smallest absolute Gasteiger partial charge is 0.252 e. The zero-order valence-electron chi connectivity index (χ0n) is 14.1. The molecule has 1 amide bonds. The fraction of sp³-hybridized carbons (Fsp3) is 0.263. The number of ether oxygens (including phenoxy) is 1. The van der Waals surface area contributed by atoms with E-state index >= 15 is 0 Å². The Morgan fingerprint density at radius 1 is 1.25 bits per heavy atom. The molecule has 1 N–H and O–H groups in total. The molecule has 0 aliphatic carbocycles. The van der Waals surface area contributed by atoms with E-state index in [1.54, 1.807) is 18.4 Å². The molecule has 0 saturated carbocycles. The van der Waals surface area contributed by atoms with Gasteiger partial charge in [0.05, 0.1) is 28.3 Å². The maximum Gasteiger partial charge on any atom is 0.252 e. The van der Waals surface area contributed by atoms with Gasteiger partial charge in [-0.3, -0.25) is 4.79 Å². The molecule has 3 aromatic rings. The minimum absolute atomic E-state index is 0.0976. The van der Waals surface area contributed by atoms with Gasteiger partial charge in [0.25, 0.3) is 5.91 Å². The van der Waals surface area contributed by atoms with Gasteiger partial charge in [-0.25, -0.2) is 4.98 Å². The first-order chi connectivity index (χ1) is 11.6. The molecule has 0 atom stereocenters. The second-order valence-corrected chi connectivity index (χ2v) is 6.97. The van der Waals surface area contributed by atoms with Crippen molar-refractivity contribution >= 4 is 28.1 Å². The average molecular weight is 340 g/mol. The molecule has 2 heterocycles. The molecule has 0 radical (unpaired) electrons. The molecule has 0 unspecified atom stereocenters. The Labute approximate surface area is 145 Å². The zero-order chi connectivity index (χ0) is 17.1. The van der Waals surface area contributed by atoms with Crippen LogP contribution in [-0.4, -0.2) is 31.2 Å². The Morgan fingerprint density at radius 2 is 2.08 bits per heavy atom. The highest BCUT2D eigenvalue weighted by molar-refractivity contribution is 7.15. The van der Waals surface area contributed by atoms with E-state index in [1.807, 2.05) is 31.2 Å². The van der Waals surface area contributed by atoms with Crippen molar-refractivity contribution < 1.29 is 9.53 Å². The van der Waals surface area contributed by atoms with Gasteiger partial charge < -0.3 is 10.1 Å². The van der Waals surface area contributed by atoms with E-state index in [4.69, 9.17) is 9.72 Å². The van der Waals surface area contributed by atoms with Gasteiger partial charge in [0.2, 0.25) is 0 Å². The summed E-state index contributed by atoms with van der Waals surface area (Å²) >= 11 is 1.68. The second kappa shape index (κ2) is 7.11. The van der Waals surface area contributed by atoms with Crippen molar-refractivity contribution in [3.05, 3.63) is 52.4 Å². The van der Waals surface area contributed by atoms with E-state index in [0.717, 1.165) is 27.0 Å². The summed E-state index contributed by atoms with van der Waals surface area (Å²) in [7, 11) is 1.62. The summed E-state index contributed by atoms with van der Waals surface area (Å²) in [5.41, 5.74) is 3.43. The van der Waals surface area contributed by atoms with Crippen molar-refractivity contribution in [2.75, 3.05) is 20.3 Å². The van der Waals surface area contributed by atoms with Crippen molar-refractivity contribution in [1.82, 2.24) is 10.3 Å². The van der Waals surface area contributed by atoms with Gasteiger partial charge in [-0.05, 0) is 37.6 Å². The highest BCUT2D eigenvalue weighted by Gasteiger charge is 2.15. The first-order valence-electron chi connectivity index (χ1n) is 7.84. The Bertz CT molecular complexity index is 886. The van der Waals surface area contributed by atoms with E-state index < -0.39 is 0 Å². The van der Waals surface area contributed by atoms with Crippen LogP contribution in [0.4, 0.5) is 0 Å². The minimum Gasteiger partial charge on any atom is -0.383 e. The first-order valence-corrected chi connectivity index (χ1v) is 8.66. The van der Waals surface area contributed by atoms with Crippen LogP contribution in [0.5, 0.6) is 0 Å². The van der Waals surface area contributed by atoms with E-state index in [2.05, 4.69) is 24.4 Å². The number of hydrogen-bond acceptors (Lipinski definition) is 4. The Hall–Kier alpha value is -2.24. The largest absolute Gasteiger partial charge is 0.383 e. The lowest BCUT2D eigenvalue weighted by Gasteiger charge is -2.11.